The zero-order valence-electron chi connectivity index (χ0n) is 13.3. The van der Waals surface area contributed by atoms with Crippen LogP contribution in [0.2, 0.25) is 0 Å². The smallest absolute Gasteiger partial charge is 0.163 e. The van der Waals surface area contributed by atoms with Gasteiger partial charge in [0.1, 0.15) is 19.0 Å². The summed E-state index contributed by atoms with van der Waals surface area (Å²) in [6.07, 6.45) is 5.48. The number of aromatic nitrogens is 2. The number of hydrogen-bond acceptors (Lipinski definition) is 4. The van der Waals surface area contributed by atoms with Crippen LogP contribution in [0.3, 0.4) is 0 Å². The first-order valence-electron chi connectivity index (χ1n) is 8.32. The second-order valence-electron chi connectivity index (χ2n) is 5.76. The van der Waals surface area contributed by atoms with E-state index in [-0.39, 0.29) is 0 Å². The summed E-state index contributed by atoms with van der Waals surface area (Å²) >= 11 is 0. The molecule has 1 aliphatic rings. The summed E-state index contributed by atoms with van der Waals surface area (Å²) in [7, 11) is 0. The summed E-state index contributed by atoms with van der Waals surface area (Å²) in [4.78, 5) is 4.83. The lowest BCUT2D eigenvalue weighted by Gasteiger charge is -2.18. The Kier molecular flexibility index (Phi) is 4.83. The zero-order valence-corrected chi connectivity index (χ0v) is 13.3. The van der Waals surface area contributed by atoms with E-state index in [9.17, 15) is 0 Å². The fourth-order valence-corrected chi connectivity index (χ4v) is 2.98. The Morgan fingerprint density at radius 3 is 2.64 bits per heavy atom. The van der Waals surface area contributed by atoms with Gasteiger partial charge in [0, 0.05) is 25.1 Å². The fourth-order valence-electron chi connectivity index (χ4n) is 2.98. The first-order valence-corrected chi connectivity index (χ1v) is 8.32. The highest BCUT2D eigenvalue weighted by Crippen LogP contribution is 2.35. The molecule has 0 saturated carbocycles. The summed E-state index contributed by atoms with van der Waals surface area (Å²) in [5.41, 5.74) is 7.73. The summed E-state index contributed by atoms with van der Waals surface area (Å²) in [6.45, 7) is 5.18. The fraction of sp³-hybridized carbons (Fsp3) is 0.588. The third-order valence-electron chi connectivity index (χ3n) is 4.04. The molecule has 3 rings (SSSR count). The number of nitrogens with two attached hydrogens (primary N) is 1. The lowest BCUT2D eigenvalue weighted by Crippen LogP contribution is -2.15. The van der Waals surface area contributed by atoms with E-state index in [0.717, 1.165) is 73.6 Å². The van der Waals surface area contributed by atoms with Crippen molar-refractivity contribution in [2.24, 2.45) is 5.73 Å². The highest BCUT2D eigenvalue weighted by atomic mass is 16.6. The van der Waals surface area contributed by atoms with Crippen molar-refractivity contribution in [2.75, 3.05) is 19.8 Å². The number of ether oxygens (including phenoxy) is 2. The topological polar surface area (TPSA) is 62.3 Å². The summed E-state index contributed by atoms with van der Waals surface area (Å²) in [5.74, 6) is 2.82. The molecule has 0 fully saturated rings. The van der Waals surface area contributed by atoms with Crippen molar-refractivity contribution in [1.82, 2.24) is 9.55 Å². The molecule has 0 spiro atoms. The predicted octanol–water partition coefficient (Wildman–Crippen LogP) is 2.89. The number of benzene rings is 1. The molecule has 1 aromatic carbocycles. The number of fused-ring (bicyclic) bond motifs is 2. The third kappa shape index (κ3) is 3.04. The molecule has 22 heavy (non-hydrogen) atoms. The molecule has 0 atom stereocenters. The average Bonchev–Trinajstić information content (AvgIpc) is 2.87. The number of unbranched alkanes of at least 4 members (excludes halogenated alkanes) is 2. The van der Waals surface area contributed by atoms with Crippen LogP contribution >= 0.6 is 0 Å². The van der Waals surface area contributed by atoms with Crippen LogP contribution in [0.25, 0.3) is 11.0 Å². The average molecular weight is 303 g/mol. The van der Waals surface area contributed by atoms with E-state index in [0.29, 0.717) is 13.2 Å². The van der Waals surface area contributed by atoms with Gasteiger partial charge in [0.25, 0.3) is 0 Å². The lowest BCUT2D eigenvalue weighted by atomic mass is 10.2. The largest absolute Gasteiger partial charge is 0.486 e. The molecule has 5 heteroatoms. The maximum absolute atomic E-state index is 5.71. The minimum Gasteiger partial charge on any atom is -0.486 e. The number of hydrogen-bond donors (Lipinski definition) is 1. The van der Waals surface area contributed by atoms with Crippen LogP contribution in [-0.2, 0) is 13.0 Å². The Bertz CT molecular complexity index is 636. The SMILES string of the molecule is CCCn1c(CCCCCN)nc2cc3c(cc21)OCCO3. The molecule has 0 aliphatic carbocycles. The van der Waals surface area contributed by atoms with Gasteiger partial charge >= 0.3 is 0 Å². The molecule has 0 unspecified atom stereocenters. The van der Waals surface area contributed by atoms with E-state index < -0.39 is 0 Å². The number of nitrogens with zero attached hydrogens (tertiary/aromatic N) is 2. The molecule has 0 bridgehead atoms. The number of rotatable bonds is 7. The van der Waals surface area contributed by atoms with Gasteiger partial charge in [-0.2, -0.15) is 0 Å². The normalized spacial score (nSPS) is 13.7. The van der Waals surface area contributed by atoms with Crippen molar-refractivity contribution in [3.63, 3.8) is 0 Å². The third-order valence-corrected chi connectivity index (χ3v) is 4.04. The van der Waals surface area contributed by atoms with Crippen LogP contribution < -0.4 is 15.2 Å². The molecule has 2 heterocycles. The Labute approximate surface area is 131 Å². The molecular weight excluding hydrogens is 278 g/mol. The van der Waals surface area contributed by atoms with Gasteiger partial charge in [0.15, 0.2) is 11.5 Å². The first-order chi connectivity index (χ1) is 10.8. The first kappa shape index (κ1) is 15.2. The highest BCUT2D eigenvalue weighted by Gasteiger charge is 2.17. The minimum atomic E-state index is 0.611. The van der Waals surface area contributed by atoms with Crippen LogP contribution in [0.5, 0.6) is 11.5 Å². The Hall–Kier alpha value is -1.75. The lowest BCUT2D eigenvalue weighted by molar-refractivity contribution is 0.172. The van der Waals surface area contributed by atoms with E-state index in [1.54, 1.807) is 0 Å². The van der Waals surface area contributed by atoms with Gasteiger partial charge in [-0.15, -0.1) is 0 Å². The molecule has 0 saturated heterocycles. The van der Waals surface area contributed by atoms with Crippen LogP contribution in [0.4, 0.5) is 0 Å². The van der Waals surface area contributed by atoms with Crippen LogP contribution in [0.15, 0.2) is 12.1 Å². The molecule has 2 N–H and O–H groups in total. The maximum Gasteiger partial charge on any atom is 0.163 e. The number of imidazole rings is 1. The molecule has 0 radical (unpaired) electrons. The van der Waals surface area contributed by atoms with Crippen molar-refractivity contribution in [2.45, 2.75) is 45.6 Å². The minimum absolute atomic E-state index is 0.611. The van der Waals surface area contributed by atoms with E-state index in [1.807, 2.05) is 6.07 Å². The van der Waals surface area contributed by atoms with Gasteiger partial charge < -0.3 is 19.8 Å². The monoisotopic (exact) mass is 303 g/mol. The molecule has 120 valence electrons. The summed E-state index contributed by atoms with van der Waals surface area (Å²) < 4.78 is 13.7. The van der Waals surface area contributed by atoms with Crippen molar-refractivity contribution in [3.8, 4) is 11.5 Å². The van der Waals surface area contributed by atoms with E-state index in [4.69, 9.17) is 20.2 Å². The van der Waals surface area contributed by atoms with Gasteiger partial charge in [-0.3, -0.25) is 0 Å². The van der Waals surface area contributed by atoms with Gasteiger partial charge in [-0.1, -0.05) is 13.3 Å². The molecular formula is C17H25N3O2. The molecule has 5 nitrogen and oxygen atoms in total. The predicted molar refractivity (Wildman–Crippen MR) is 87.6 cm³/mol. The van der Waals surface area contributed by atoms with Gasteiger partial charge in [-0.25, -0.2) is 4.98 Å². The maximum atomic E-state index is 5.71. The van der Waals surface area contributed by atoms with E-state index in [2.05, 4.69) is 17.6 Å². The molecule has 1 aliphatic heterocycles. The second-order valence-corrected chi connectivity index (χ2v) is 5.76. The van der Waals surface area contributed by atoms with E-state index in [1.165, 1.54) is 0 Å². The van der Waals surface area contributed by atoms with Crippen LogP contribution in [-0.4, -0.2) is 29.3 Å². The highest BCUT2D eigenvalue weighted by molar-refractivity contribution is 5.80. The van der Waals surface area contributed by atoms with Gasteiger partial charge in [0.2, 0.25) is 0 Å². The second kappa shape index (κ2) is 7.01. The van der Waals surface area contributed by atoms with Crippen molar-refractivity contribution < 1.29 is 9.47 Å². The van der Waals surface area contributed by atoms with Crippen LogP contribution in [0.1, 0.15) is 38.4 Å². The van der Waals surface area contributed by atoms with Crippen molar-refractivity contribution in [1.29, 1.82) is 0 Å². The molecule has 0 amide bonds. The molecule has 1 aromatic heterocycles. The van der Waals surface area contributed by atoms with Crippen molar-refractivity contribution >= 4 is 11.0 Å². The summed E-state index contributed by atoms with van der Waals surface area (Å²) in [5, 5.41) is 0. The quantitative estimate of drug-likeness (QED) is 0.799. The Balaban J connectivity index is 1.91. The van der Waals surface area contributed by atoms with E-state index >= 15 is 0 Å². The van der Waals surface area contributed by atoms with Gasteiger partial charge in [0.05, 0.1) is 11.0 Å². The molecule has 2 aromatic rings. The van der Waals surface area contributed by atoms with Crippen molar-refractivity contribution in [3.05, 3.63) is 18.0 Å². The summed E-state index contributed by atoms with van der Waals surface area (Å²) in [6, 6.07) is 4.09. The Morgan fingerprint density at radius 2 is 1.91 bits per heavy atom. The van der Waals surface area contributed by atoms with Crippen LogP contribution in [0, 0.1) is 0 Å². The van der Waals surface area contributed by atoms with Gasteiger partial charge in [-0.05, 0) is 25.8 Å². The zero-order chi connectivity index (χ0) is 15.4. The number of aryl methyl sites for hydroxylation is 2. The standard InChI is InChI=1S/C17H25N3O2/c1-2-8-20-14-12-16-15(21-9-10-22-16)11-13(14)19-17(20)6-4-3-5-7-18/h11-12H,2-10,18H2,1H3. The Morgan fingerprint density at radius 1 is 1.14 bits per heavy atom.